The molecule has 2 aromatic heterocycles. The molecule has 0 aliphatic heterocycles. The Labute approximate surface area is 295 Å². The number of ether oxygens (including phenoxy) is 2. The SMILES string of the molecule is CCOC(=O)c1sc(NC(=O)CSCC(=O)Nc2sc(C(=O)OCC)c(C)c2C(=O)Nc2ccccc2)c(C(=O)Nc2ccccc2)c1C. The molecule has 0 atom stereocenters. The van der Waals surface area contributed by atoms with E-state index in [0.717, 1.165) is 34.4 Å². The van der Waals surface area contributed by atoms with Gasteiger partial charge in [0.25, 0.3) is 11.8 Å². The molecule has 0 bridgehead atoms. The van der Waals surface area contributed by atoms with Crippen LogP contribution in [-0.2, 0) is 19.1 Å². The summed E-state index contributed by atoms with van der Waals surface area (Å²) in [5.41, 5.74) is 2.04. The maximum atomic E-state index is 13.3. The highest BCUT2D eigenvalue weighted by Gasteiger charge is 2.28. The van der Waals surface area contributed by atoms with Crippen LogP contribution in [0, 0.1) is 13.8 Å². The number of amides is 4. The van der Waals surface area contributed by atoms with Crippen LogP contribution >= 0.6 is 34.4 Å². The molecule has 4 amide bonds. The molecular formula is C34H34N4O8S3. The lowest BCUT2D eigenvalue weighted by Crippen LogP contribution is -2.21. The van der Waals surface area contributed by atoms with Gasteiger partial charge in [-0.3, -0.25) is 19.2 Å². The number of hydrogen-bond donors (Lipinski definition) is 4. The van der Waals surface area contributed by atoms with Crippen molar-refractivity contribution in [2.45, 2.75) is 27.7 Å². The molecule has 0 fully saturated rings. The van der Waals surface area contributed by atoms with Crippen molar-refractivity contribution < 1.29 is 38.2 Å². The molecular weight excluding hydrogens is 689 g/mol. The highest BCUT2D eigenvalue weighted by Crippen LogP contribution is 2.36. The summed E-state index contributed by atoms with van der Waals surface area (Å²) in [6.07, 6.45) is 0. The molecule has 49 heavy (non-hydrogen) atoms. The predicted molar refractivity (Wildman–Crippen MR) is 193 cm³/mol. The van der Waals surface area contributed by atoms with Crippen molar-refractivity contribution in [1.82, 2.24) is 0 Å². The number of para-hydroxylation sites is 2. The van der Waals surface area contributed by atoms with Crippen LogP contribution in [0.25, 0.3) is 0 Å². The van der Waals surface area contributed by atoms with Gasteiger partial charge in [-0.05, 0) is 63.1 Å². The normalized spacial score (nSPS) is 10.5. The number of benzene rings is 2. The number of thioether (sulfide) groups is 1. The lowest BCUT2D eigenvalue weighted by atomic mass is 10.1. The Morgan fingerprint density at radius 1 is 0.592 bits per heavy atom. The highest BCUT2D eigenvalue weighted by atomic mass is 32.2. The van der Waals surface area contributed by atoms with E-state index in [1.165, 1.54) is 0 Å². The minimum absolute atomic E-state index is 0.125. The van der Waals surface area contributed by atoms with Gasteiger partial charge in [-0.15, -0.1) is 34.4 Å². The van der Waals surface area contributed by atoms with Gasteiger partial charge in [0, 0.05) is 11.4 Å². The molecule has 0 radical (unpaired) electrons. The number of carbonyl (C=O) groups excluding carboxylic acids is 6. The maximum Gasteiger partial charge on any atom is 0.348 e. The maximum absolute atomic E-state index is 13.3. The van der Waals surface area contributed by atoms with Crippen LogP contribution in [0.3, 0.4) is 0 Å². The minimum Gasteiger partial charge on any atom is -0.462 e. The molecule has 4 N–H and O–H groups in total. The summed E-state index contributed by atoms with van der Waals surface area (Å²) in [6.45, 7) is 6.81. The summed E-state index contributed by atoms with van der Waals surface area (Å²) < 4.78 is 10.3. The molecule has 15 heteroatoms. The number of thiophene rings is 2. The average molecular weight is 723 g/mol. The number of nitrogens with one attached hydrogen (secondary N) is 4. The monoisotopic (exact) mass is 722 g/mol. The van der Waals surface area contributed by atoms with Crippen LogP contribution in [-0.4, -0.2) is 60.3 Å². The Balaban J connectivity index is 1.44. The van der Waals surface area contributed by atoms with Gasteiger partial charge in [-0.2, -0.15) is 0 Å². The second kappa shape index (κ2) is 17.4. The van der Waals surface area contributed by atoms with Gasteiger partial charge in [0.1, 0.15) is 19.8 Å². The van der Waals surface area contributed by atoms with E-state index in [9.17, 15) is 28.8 Å². The Bertz CT molecular complexity index is 1720. The molecule has 0 unspecified atom stereocenters. The standard InChI is InChI=1S/C34H34N4O8S3/c1-5-45-33(43)27-19(3)25(29(41)35-21-13-9-7-10-14-21)31(48-27)37-23(39)17-47-18-24(40)38-32-26(20(4)28(49-32)34(44)46-6-2)30(42)36-22-15-11-8-12-16-22/h7-16H,5-6,17-18H2,1-4H3,(H,35,41)(H,36,42)(H,37,39)(H,38,40). The molecule has 256 valence electrons. The molecule has 0 spiro atoms. The molecule has 0 aliphatic rings. The number of hydrogen-bond acceptors (Lipinski definition) is 11. The molecule has 0 saturated carbocycles. The molecule has 4 aromatic rings. The summed E-state index contributed by atoms with van der Waals surface area (Å²) in [5, 5.41) is 11.3. The van der Waals surface area contributed by atoms with Crippen LogP contribution in [0.15, 0.2) is 60.7 Å². The van der Waals surface area contributed by atoms with Gasteiger partial charge in [-0.25, -0.2) is 9.59 Å². The lowest BCUT2D eigenvalue weighted by Gasteiger charge is -2.10. The topological polar surface area (TPSA) is 169 Å². The van der Waals surface area contributed by atoms with E-state index in [0.29, 0.717) is 22.5 Å². The zero-order valence-electron chi connectivity index (χ0n) is 27.1. The minimum atomic E-state index is -0.614. The summed E-state index contributed by atoms with van der Waals surface area (Å²) in [5.74, 6) is -3.62. The molecule has 2 aromatic carbocycles. The van der Waals surface area contributed by atoms with E-state index in [2.05, 4.69) is 21.3 Å². The van der Waals surface area contributed by atoms with E-state index >= 15 is 0 Å². The van der Waals surface area contributed by atoms with Crippen LogP contribution in [0.2, 0.25) is 0 Å². The van der Waals surface area contributed by atoms with Crippen LogP contribution in [0.4, 0.5) is 21.4 Å². The van der Waals surface area contributed by atoms with E-state index in [-0.39, 0.29) is 55.6 Å². The Morgan fingerprint density at radius 3 is 1.31 bits per heavy atom. The van der Waals surface area contributed by atoms with E-state index in [1.807, 2.05) is 0 Å². The average Bonchev–Trinajstić information content (AvgIpc) is 3.57. The first-order valence-corrected chi connectivity index (χ1v) is 17.8. The van der Waals surface area contributed by atoms with Crippen molar-refractivity contribution in [3.63, 3.8) is 0 Å². The molecule has 0 aliphatic carbocycles. The summed E-state index contributed by atoms with van der Waals surface area (Å²) >= 11 is 2.85. The van der Waals surface area contributed by atoms with Gasteiger partial charge < -0.3 is 30.7 Å². The summed E-state index contributed by atoms with van der Waals surface area (Å²) in [7, 11) is 0. The first-order chi connectivity index (χ1) is 23.5. The number of rotatable bonds is 14. The fourth-order valence-electron chi connectivity index (χ4n) is 4.52. The van der Waals surface area contributed by atoms with E-state index in [4.69, 9.17) is 9.47 Å². The molecule has 4 rings (SSSR count). The van der Waals surface area contributed by atoms with Crippen molar-refractivity contribution in [2.75, 3.05) is 46.0 Å². The smallest absolute Gasteiger partial charge is 0.348 e. The van der Waals surface area contributed by atoms with E-state index < -0.39 is 35.6 Å². The quantitative estimate of drug-likeness (QED) is 0.105. The van der Waals surface area contributed by atoms with Crippen molar-refractivity contribution in [2.24, 2.45) is 0 Å². The zero-order valence-corrected chi connectivity index (χ0v) is 29.5. The predicted octanol–water partition coefficient (Wildman–Crippen LogP) is 6.59. The zero-order chi connectivity index (χ0) is 35.5. The number of esters is 2. The van der Waals surface area contributed by atoms with Crippen molar-refractivity contribution >= 4 is 91.4 Å². The summed E-state index contributed by atoms with van der Waals surface area (Å²) in [6, 6.07) is 17.5. The third-order valence-electron chi connectivity index (χ3n) is 6.70. The van der Waals surface area contributed by atoms with E-state index in [1.54, 1.807) is 88.4 Å². The third-order valence-corrected chi connectivity index (χ3v) is 10.0. The lowest BCUT2D eigenvalue weighted by molar-refractivity contribution is -0.114. The van der Waals surface area contributed by atoms with Crippen LogP contribution in [0.1, 0.15) is 65.0 Å². The largest absolute Gasteiger partial charge is 0.462 e. The van der Waals surface area contributed by atoms with Crippen molar-refractivity contribution in [1.29, 1.82) is 0 Å². The molecule has 2 heterocycles. The molecule has 0 saturated heterocycles. The highest BCUT2D eigenvalue weighted by molar-refractivity contribution is 8.00. The van der Waals surface area contributed by atoms with Gasteiger partial charge in [0.2, 0.25) is 11.8 Å². The van der Waals surface area contributed by atoms with Crippen LogP contribution < -0.4 is 21.3 Å². The Hall–Kier alpha value is -4.99. The fourth-order valence-corrected chi connectivity index (χ4v) is 7.37. The third kappa shape index (κ3) is 9.55. The second-order valence-electron chi connectivity index (χ2n) is 10.2. The second-order valence-corrected chi connectivity index (χ2v) is 13.2. The molecule has 12 nitrogen and oxygen atoms in total. The van der Waals surface area contributed by atoms with Gasteiger partial charge in [-0.1, -0.05) is 36.4 Å². The Morgan fingerprint density at radius 2 is 0.959 bits per heavy atom. The van der Waals surface area contributed by atoms with Gasteiger partial charge in [0.15, 0.2) is 0 Å². The first-order valence-electron chi connectivity index (χ1n) is 15.0. The Kier molecular flexibility index (Phi) is 13.1. The van der Waals surface area contributed by atoms with Gasteiger partial charge in [0.05, 0.1) is 35.8 Å². The number of anilines is 4. The first kappa shape index (κ1) is 36.8. The summed E-state index contributed by atoms with van der Waals surface area (Å²) in [4.78, 5) is 78.1. The van der Waals surface area contributed by atoms with Crippen LogP contribution in [0.5, 0.6) is 0 Å². The van der Waals surface area contributed by atoms with Crippen molar-refractivity contribution in [3.05, 3.63) is 92.7 Å². The van der Waals surface area contributed by atoms with Gasteiger partial charge >= 0.3 is 11.9 Å². The number of carbonyl (C=O) groups is 6. The van der Waals surface area contributed by atoms with Crippen molar-refractivity contribution in [3.8, 4) is 0 Å². The fraction of sp³-hybridized carbons (Fsp3) is 0.235.